The first-order valence-electron chi connectivity index (χ1n) is 9.75. The molecular weight excluding hydrogens is 352 g/mol. The Morgan fingerprint density at radius 3 is 2.46 bits per heavy atom. The number of aryl methyl sites for hydroxylation is 2. The highest BCUT2D eigenvalue weighted by Gasteiger charge is 2.31. The van der Waals surface area contributed by atoms with Gasteiger partial charge in [-0.25, -0.2) is 4.68 Å². The van der Waals surface area contributed by atoms with Crippen LogP contribution in [0.25, 0.3) is 5.69 Å². The predicted molar refractivity (Wildman–Crippen MR) is 110 cm³/mol. The van der Waals surface area contributed by atoms with Crippen LogP contribution in [0.1, 0.15) is 44.5 Å². The van der Waals surface area contributed by atoms with Gasteiger partial charge in [0.05, 0.1) is 11.4 Å². The highest BCUT2D eigenvalue weighted by Crippen LogP contribution is 2.21. The summed E-state index contributed by atoms with van der Waals surface area (Å²) in [6.07, 6.45) is 4.18. The minimum atomic E-state index is -0.424. The van der Waals surface area contributed by atoms with E-state index in [4.69, 9.17) is 0 Å². The van der Waals surface area contributed by atoms with Crippen molar-refractivity contribution in [1.29, 1.82) is 0 Å². The number of carbonyl (C=O) groups is 2. The van der Waals surface area contributed by atoms with Gasteiger partial charge >= 0.3 is 0 Å². The standard InChI is InChI=1S/C22H28N4O2/c1-15(2)13-21(27)25-12-6-5-7-20(25)22(28)23-18-8-10-19(11-9-18)26-17(4)14-16(3)24-26/h8-11,13-14,20H,5-7,12H2,1-4H3,(H,23,28). The number of carbonyl (C=O) groups excluding carboxylic acids is 2. The fourth-order valence-corrected chi connectivity index (χ4v) is 3.60. The maximum absolute atomic E-state index is 12.8. The molecule has 28 heavy (non-hydrogen) atoms. The van der Waals surface area contributed by atoms with E-state index in [0.717, 1.165) is 41.2 Å². The summed E-state index contributed by atoms with van der Waals surface area (Å²) in [4.78, 5) is 27.0. The van der Waals surface area contributed by atoms with Crippen LogP contribution < -0.4 is 5.32 Å². The monoisotopic (exact) mass is 380 g/mol. The van der Waals surface area contributed by atoms with Crippen LogP contribution in [0.4, 0.5) is 5.69 Å². The highest BCUT2D eigenvalue weighted by atomic mass is 16.2. The van der Waals surface area contributed by atoms with Crippen LogP contribution >= 0.6 is 0 Å². The second-order valence-corrected chi connectivity index (χ2v) is 7.64. The van der Waals surface area contributed by atoms with Gasteiger partial charge in [0.2, 0.25) is 11.8 Å². The molecular formula is C22H28N4O2. The normalized spacial score (nSPS) is 16.6. The second kappa shape index (κ2) is 8.42. The lowest BCUT2D eigenvalue weighted by Crippen LogP contribution is -2.49. The molecule has 1 aromatic carbocycles. The van der Waals surface area contributed by atoms with Crippen molar-refractivity contribution in [2.45, 2.75) is 53.0 Å². The number of benzene rings is 1. The van der Waals surface area contributed by atoms with Crippen molar-refractivity contribution < 1.29 is 9.59 Å². The lowest BCUT2D eigenvalue weighted by atomic mass is 10.0. The minimum absolute atomic E-state index is 0.0836. The Kier molecular flexibility index (Phi) is 5.97. The Labute approximate surface area is 166 Å². The van der Waals surface area contributed by atoms with E-state index in [2.05, 4.69) is 10.4 Å². The van der Waals surface area contributed by atoms with Gasteiger partial charge in [-0.05, 0) is 77.3 Å². The summed E-state index contributed by atoms with van der Waals surface area (Å²) in [5.41, 5.74) is 4.63. The molecule has 6 heteroatoms. The number of nitrogens with one attached hydrogen (secondary N) is 1. The number of aromatic nitrogens is 2. The van der Waals surface area contributed by atoms with Crippen molar-refractivity contribution in [1.82, 2.24) is 14.7 Å². The molecule has 0 radical (unpaired) electrons. The number of allylic oxidation sites excluding steroid dienone is 1. The molecule has 1 N–H and O–H groups in total. The Balaban J connectivity index is 1.71. The van der Waals surface area contributed by atoms with Crippen LogP contribution in [-0.2, 0) is 9.59 Å². The number of hydrogen-bond acceptors (Lipinski definition) is 3. The Morgan fingerprint density at radius 2 is 1.86 bits per heavy atom. The second-order valence-electron chi connectivity index (χ2n) is 7.64. The van der Waals surface area contributed by atoms with Crippen LogP contribution in [0, 0.1) is 13.8 Å². The summed E-state index contributed by atoms with van der Waals surface area (Å²) in [5, 5.41) is 7.44. The highest BCUT2D eigenvalue weighted by molar-refractivity contribution is 5.99. The molecule has 3 rings (SSSR count). The lowest BCUT2D eigenvalue weighted by Gasteiger charge is -2.34. The first-order chi connectivity index (χ1) is 13.3. The van der Waals surface area contributed by atoms with Crippen molar-refractivity contribution in [2.75, 3.05) is 11.9 Å². The Bertz CT molecular complexity index is 892. The van der Waals surface area contributed by atoms with Crippen molar-refractivity contribution in [3.8, 4) is 5.69 Å². The van der Waals surface area contributed by atoms with Gasteiger partial charge in [0.25, 0.3) is 0 Å². The molecule has 0 aliphatic carbocycles. The minimum Gasteiger partial charge on any atom is -0.327 e. The molecule has 1 saturated heterocycles. The fraction of sp³-hybridized carbons (Fsp3) is 0.409. The molecule has 2 amide bonds. The van der Waals surface area contributed by atoms with E-state index in [9.17, 15) is 9.59 Å². The lowest BCUT2D eigenvalue weighted by molar-refractivity contribution is -0.136. The van der Waals surface area contributed by atoms with Gasteiger partial charge in [-0.3, -0.25) is 9.59 Å². The number of anilines is 1. The van der Waals surface area contributed by atoms with Crippen molar-refractivity contribution in [3.05, 3.63) is 53.4 Å². The van der Waals surface area contributed by atoms with Crippen molar-refractivity contribution in [3.63, 3.8) is 0 Å². The summed E-state index contributed by atoms with van der Waals surface area (Å²) < 4.78 is 1.88. The molecule has 1 unspecified atom stereocenters. The number of amides is 2. The smallest absolute Gasteiger partial charge is 0.247 e. The zero-order chi connectivity index (χ0) is 20.3. The topological polar surface area (TPSA) is 67.2 Å². The molecule has 1 aliphatic heterocycles. The first-order valence-corrected chi connectivity index (χ1v) is 9.75. The maximum atomic E-state index is 12.8. The molecule has 1 fully saturated rings. The van der Waals surface area contributed by atoms with Gasteiger partial charge in [-0.2, -0.15) is 5.10 Å². The van der Waals surface area contributed by atoms with Crippen molar-refractivity contribution >= 4 is 17.5 Å². The Morgan fingerprint density at radius 1 is 1.14 bits per heavy atom. The van der Waals surface area contributed by atoms with E-state index in [1.165, 1.54) is 0 Å². The molecule has 2 heterocycles. The van der Waals surface area contributed by atoms with Crippen molar-refractivity contribution in [2.24, 2.45) is 0 Å². The van der Waals surface area contributed by atoms with Crippen LogP contribution in [0.5, 0.6) is 0 Å². The number of hydrogen-bond donors (Lipinski definition) is 1. The summed E-state index contributed by atoms with van der Waals surface area (Å²) in [6, 6.07) is 9.21. The predicted octanol–water partition coefficient (Wildman–Crippen LogP) is 3.77. The van der Waals surface area contributed by atoms with E-state index in [-0.39, 0.29) is 11.8 Å². The summed E-state index contributed by atoms with van der Waals surface area (Å²) in [6.45, 7) is 8.38. The van der Waals surface area contributed by atoms with Gasteiger partial charge in [0, 0.05) is 24.0 Å². The van der Waals surface area contributed by atoms with Gasteiger partial charge in [0.1, 0.15) is 6.04 Å². The molecule has 6 nitrogen and oxygen atoms in total. The van der Waals surface area contributed by atoms with Crippen LogP contribution in [0.15, 0.2) is 42.0 Å². The summed E-state index contributed by atoms with van der Waals surface area (Å²) >= 11 is 0. The number of rotatable bonds is 4. The fourth-order valence-electron chi connectivity index (χ4n) is 3.60. The zero-order valence-corrected chi connectivity index (χ0v) is 17.0. The molecule has 0 saturated carbocycles. The Hall–Kier alpha value is -2.89. The van der Waals surface area contributed by atoms with E-state index in [1.54, 1.807) is 11.0 Å². The largest absolute Gasteiger partial charge is 0.327 e. The molecule has 1 aromatic heterocycles. The molecule has 1 atom stereocenters. The quantitative estimate of drug-likeness (QED) is 0.821. The van der Waals surface area contributed by atoms with Crippen LogP contribution in [-0.4, -0.2) is 39.1 Å². The first kappa shape index (κ1) is 19.9. The molecule has 0 spiro atoms. The van der Waals surface area contributed by atoms with E-state index in [0.29, 0.717) is 13.0 Å². The third-order valence-corrected chi connectivity index (χ3v) is 4.89. The number of nitrogens with zero attached hydrogens (tertiary/aromatic N) is 3. The van der Waals surface area contributed by atoms with Crippen LogP contribution in [0.3, 0.4) is 0 Å². The van der Waals surface area contributed by atoms with Gasteiger partial charge in [-0.15, -0.1) is 0 Å². The number of likely N-dealkylation sites (tertiary alicyclic amines) is 1. The van der Waals surface area contributed by atoms with Gasteiger partial charge < -0.3 is 10.2 Å². The molecule has 0 bridgehead atoms. The maximum Gasteiger partial charge on any atom is 0.247 e. The third-order valence-electron chi connectivity index (χ3n) is 4.89. The average Bonchev–Trinajstić information content (AvgIpc) is 3.00. The van der Waals surface area contributed by atoms with Gasteiger partial charge in [0.15, 0.2) is 0 Å². The molecule has 2 aromatic rings. The van der Waals surface area contributed by atoms with Gasteiger partial charge in [-0.1, -0.05) is 5.57 Å². The third kappa shape index (κ3) is 4.50. The van der Waals surface area contributed by atoms with E-state index < -0.39 is 6.04 Å². The number of piperidine rings is 1. The van der Waals surface area contributed by atoms with E-state index >= 15 is 0 Å². The van der Waals surface area contributed by atoms with E-state index in [1.807, 2.05) is 62.7 Å². The zero-order valence-electron chi connectivity index (χ0n) is 17.0. The average molecular weight is 380 g/mol. The molecule has 1 aliphatic rings. The SMILES string of the molecule is CC(C)=CC(=O)N1CCCCC1C(=O)Nc1ccc(-n2nc(C)cc2C)cc1. The van der Waals surface area contributed by atoms with Crippen LogP contribution in [0.2, 0.25) is 0 Å². The summed E-state index contributed by atoms with van der Waals surface area (Å²) in [7, 11) is 0. The molecule has 148 valence electrons. The summed E-state index contributed by atoms with van der Waals surface area (Å²) in [5.74, 6) is -0.214.